The molecule has 0 saturated carbocycles. The van der Waals surface area contributed by atoms with E-state index in [2.05, 4.69) is 181 Å². The zero-order chi connectivity index (χ0) is 36.9. The van der Waals surface area contributed by atoms with Crippen LogP contribution >= 0.6 is 34.9 Å². The van der Waals surface area contributed by atoms with Gasteiger partial charge in [-0.15, -0.1) is 11.3 Å². The molecule has 0 amide bonds. The van der Waals surface area contributed by atoms with E-state index >= 15 is 0 Å². The number of aromatic nitrogens is 2. The number of hydrogen-bond acceptors (Lipinski definition) is 3. The van der Waals surface area contributed by atoms with Crippen molar-refractivity contribution in [2.75, 3.05) is 0 Å². The Morgan fingerprint density at radius 3 is 2.00 bits per heavy atom. The van der Waals surface area contributed by atoms with Crippen LogP contribution in [0.1, 0.15) is 25.0 Å². The number of hydrogen-bond donors (Lipinski definition) is 0. The van der Waals surface area contributed by atoms with Crippen molar-refractivity contribution in [1.29, 1.82) is 0 Å². The van der Waals surface area contributed by atoms with E-state index in [1.807, 2.05) is 34.9 Å². The molecular formula is C51H32N2S3. The van der Waals surface area contributed by atoms with Crippen LogP contribution in [-0.4, -0.2) is 9.13 Å². The van der Waals surface area contributed by atoms with E-state index in [1.165, 1.54) is 117 Å². The van der Waals surface area contributed by atoms with E-state index in [0.29, 0.717) is 0 Å². The molecule has 11 aromatic rings. The van der Waals surface area contributed by atoms with Crippen LogP contribution < -0.4 is 0 Å². The largest absolute Gasteiger partial charge is 0.309 e. The Morgan fingerprint density at radius 2 is 1.09 bits per heavy atom. The molecule has 0 fully saturated rings. The molecule has 2 nitrogen and oxygen atoms in total. The van der Waals surface area contributed by atoms with Gasteiger partial charge in [0.15, 0.2) is 0 Å². The molecule has 0 spiro atoms. The van der Waals surface area contributed by atoms with Gasteiger partial charge in [0.1, 0.15) is 0 Å². The molecule has 0 unspecified atom stereocenters. The minimum Gasteiger partial charge on any atom is -0.309 e. The highest BCUT2D eigenvalue weighted by Crippen LogP contribution is 2.55. The van der Waals surface area contributed by atoms with Crippen molar-refractivity contribution in [3.63, 3.8) is 0 Å². The van der Waals surface area contributed by atoms with Gasteiger partial charge < -0.3 is 9.13 Å². The minimum absolute atomic E-state index is 0.0780. The van der Waals surface area contributed by atoms with Crippen LogP contribution in [0.25, 0.3) is 86.3 Å². The molecule has 264 valence electrons. The van der Waals surface area contributed by atoms with Crippen LogP contribution in [0.2, 0.25) is 0 Å². The van der Waals surface area contributed by atoms with Gasteiger partial charge in [-0.2, -0.15) is 0 Å². The molecule has 56 heavy (non-hydrogen) atoms. The molecule has 8 aromatic carbocycles. The Morgan fingerprint density at radius 1 is 0.411 bits per heavy atom. The van der Waals surface area contributed by atoms with Crippen molar-refractivity contribution < 1.29 is 0 Å². The lowest BCUT2D eigenvalue weighted by Crippen LogP contribution is -2.14. The van der Waals surface area contributed by atoms with Crippen LogP contribution in [0.5, 0.6) is 0 Å². The Labute approximate surface area is 336 Å². The van der Waals surface area contributed by atoms with Crippen molar-refractivity contribution in [1.82, 2.24) is 9.13 Å². The summed E-state index contributed by atoms with van der Waals surface area (Å²) in [5.41, 5.74) is 12.8. The highest BCUT2D eigenvalue weighted by Gasteiger charge is 2.36. The van der Waals surface area contributed by atoms with Gasteiger partial charge in [-0.3, -0.25) is 0 Å². The molecule has 0 radical (unpaired) electrons. The first-order valence-electron chi connectivity index (χ1n) is 19.2. The zero-order valence-corrected chi connectivity index (χ0v) is 33.1. The van der Waals surface area contributed by atoms with Crippen molar-refractivity contribution in [3.8, 4) is 22.5 Å². The molecule has 1 aliphatic heterocycles. The summed E-state index contributed by atoms with van der Waals surface area (Å²) in [5, 5.41) is 7.77. The Hall–Kier alpha value is -5.72. The number of thiophene rings is 1. The average molecular weight is 769 g/mol. The van der Waals surface area contributed by atoms with Crippen molar-refractivity contribution in [2.24, 2.45) is 0 Å². The van der Waals surface area contributed by atoms with Crippen LogP contribution in [0.15, 0.2) is 177 Å². The maximum absolute atomic E-state index is 2.58. The summed E-state index contributed by atoms with van der Waals surface area (Å²) >= 11 is 5.68. The van der Waals surface area contributed by atoms with Crippen LogP contribution in [-0.2, 0) is 5.41 Å². The monoisotopic (exact) mass is 768 g/mol. The summed E-state index contributed by atoms with van der Waals surface area (Å²) in [4.78, 5) is 5.30. The lowest BCUT2D eigenvalue weighted by atomic mass is 9.82. The molecule has 0 bridgehead atoms. The van der Waals surface area contributed by atoms with E-state index in [-0.39, 0.29) is 5.41 Å². The standard InChI is InChI=1S/C51H32N2S3/c1-51(2)39-14-6-3-11-31(39)35-28-43-37(27-40(35)51)34-21-24-48-50(56-47-18-10-9-17-46(47)55-48)49(34)53(43)30-19-22-42-36(25-30)32-12-4-7-15-41(32)52(42)29-20-23-45-38(26-29)33-13-5-8-16-44(33)54-45/h3-28H,1-2H3. The Kier molecular flexibility index (Phi) is 6.30. The molecule has 5 heteroatoms. The summed E-state index contributed by atoms with van der Waals surface area (Å²) in [6, 6.07) is 59.4. The fourth-order valence-corrected chi connectivity index (χ4v) is 13.2. The first-order valence-corrected chi connectivity index (χ1v) is 21.6. The topological polar surface area (TPSA) is 9.86 Å². The predicted molar refractivity (Wildman–Crippen MR) is 240 cm³/mol. The molecule has 13 rings (SSSR count). The Bertz CT molecular complexity index is 3520. The Balaban J connectivity index is 1.10. The maximum Gasteiger partial charge on any atom is 0.0692 e. The number of para-hydroxylation sites is 1. The molecule has 3 aromatic heterocycles. The van der Waals surface area contributed by atoms with Gasteiger partial charge in [0, 0.05) is 73.2 Å². The van der Waals surface area contributed by atoms with Crippen molar-refractivity contribution in [3.05, 3.63) is 169 Å². The number of rotatable bonds is 2. The van der Waals surface area contributed by atoms with Crippen LogP contribution in [0.3, 0.4) is 0 Å². The SMILES string of the molecule is CC1(C)c2ccccc2-c2cc3c(cc21)c1ccc2c(c1n3-c1ccc3c(c1)c1ccccc1n3-c1ccc3sc4ccccc4c3c1)Sc1ccccc1S2. The highest BCUT2D eigenvalue weighted by atomic mass is 32.2. The third-order valence-corrected chi connectivity index (χ3v) is 16.1. The third-order valence-electron chi connectivity index (χ3n) is 12.4. The zero-order valence-electron chi connectivity index (χ0n) is 30.6. The van der Waals surface area contributed by atoms with Crippen molar-refractivity contribution in [2.45, 2.75) is 38.8 Å². The highest BCUT2D eigenvalue weighted by molar-refractivity contribution is 8.05. The fourth-order valence-electron chi connectivity index (χ4n) is 9.78. The molecular weight excluding hydrogens is 737 g/mol. The summed E-state index contributed by atoms with van der Waals surface area (Å²) in [7, 11) is 0. The minimum atomic E-state index is -0.0780. The van der Waals surface area contributed by atoms with Gasteiger partial charge in [0.25, 0.3) is 0 Å². The average Bonchev–Trinajstić information content (AvgIpc) is 3.94. The quantitative estimate of drug-likeness (QED) is 0.173. The van der Waals surface area contributed by atoms with Gasteiger partial charge in [0.05, 0.1) is 27.0 Å². The van der Waals surface area contributed by atoms with E-state index in [9.17, 15) is 0 Å². The third kappa shape index (κ3) is 4.15. The first kappa shape index (κ1) is 31.5. The molecule has 0 N–H and O–H groups in total. The second-order valence-electron chi connectivity index (χ2n) is 15.7. The summed E-state index contributed by atoms with van der Waals surface area (Å²) in [6.45, 7) is 4.77. The second kappa shape index (κ2) is 11.2. The number of nitrogens with zero attached hydrogens (tertiary/aromatic N) is 2. The summed E-state index contributed by atoms with van der Waals surface area (Å²) < 4.78 is 7.69. The van der Waals surface area contributed by atoms with Crippen molar-refractivity contribution >= 4 is 98.6 Å². The van der Waals surface area contributed by atoms with E-state index in [0.717, 1.165) is 0 Å². The first-order chi connectivity index (χ1) is 27.5. The van der Waals surface area contributed by atoms with Gasteiger partial charge in [-0.05, 0) is 101 Å². The second-order valence-corrected chi connectivity index (χ2v) is 18.9. The van der Waals surface area contributed by atoms with E-state index in [4.69, 9.17) is 0 Å². The van der Waals surface area contributed by atoms with E-state index < -0.39 is 0 Å². The predicted octanol–water partition coefficient (Wildman–Crippen LogP) is 15.2. The van der Waals surface area contributed by atoms with Gasteiger partial charge >= 0.3 is 0 Å². The lowest BCUT2D eigenvalue weighted by Gasteiger charge is -2.21. The lowest BCUT2D eigenvalue weighted by molar-refractivity contribution is 0.661. The maximum atomic E-state index is 2.58. The fraction of sp³-hybridized carbons (Fsp3) is 0.0588. The number of benzene rings is 8. The molecule has 0 saturated heterocycles. The number of fused-ring (bicyclic) bond motifs is 15. The normalized spacial score (nSPS) is 14.2. The molecule has 4 heterocycles. The van der Waals surface area contributed by atoms with Crippen LogP contribution in [0.4, 0.5) is 0 Å². The summed E-state index contributed by atoms with van der Waals surface area (Å²) in [5.74, 6) is 0. The smallest absolute Gasteiger partial charge is 0.0692 e. The summed E-state index contributed by atoms with van der Waals surface area (Å²) in [6.07, 6.45) is 0. The van der Waals surface area contributed by atoms with Gasteiger partial charge in [-0.1, -0.05) is 116 Å². The van der Waals surface area contributed by atoms with Gasteiger partial charge in [-0.25, -0.2) is 0 Å². The molecule has 2 aliphatic rings. The van der Waals surface area contributed by atoms with E-state index in [1.54, 1.807) is 0 Å². The molecule has 1 aliphatic carbocycles. The van der Waals surface area contributed by atoms with Gasteiger partial charge in [0.2, 0.25) is 0 Å². The molecule has 0 atom stereocenters. The van der Waals surface area contributed by atoms with Crippen LogP contribution in [0, 0.1) is 0 Å².